The van der Waals surface area contributed by atoms with Gasteiger partial charge in [0.25, 0.3) is 0 Å². The van der Waals surface area contributed by atoms with Crippen molar-refractivity contribution in [3.63, 3.8) is 0 Å². The zero-order valence-corrected chi connectivity index (χ0v) is 12.2. The van der Waals surface area contributed by atoms with Gasteiger partial charge < -0.3 is 20.6 Å². The van der Waals surface area contributed by atoms with E-state index < -0.39 is 17.4 Å². The summed E-state index contributed by atoms with van der Waals surface area (Å²) in [5, 5.41) is 14.4. The first-order valence-corrected chi connectivity index (χ1v) is 6.80. The highest BCUT2D eigenvalue weighted by atomic mass is 16.4. The minimum atomic E-state index is -0.907. The van der Waals surface area contributed by atoms with E-state index in [0.29, 0.717) is 19.4 Å². The molecule has 1 fully saturated rings. The van der Waals surface area contributed by atoms with Gasteiger partial charge in [0.2, 0.25) is 5.91 Å². The number of piperidine rings is 1. The summed E-state index contributed by atoms with van der Waals surface area (Å²) in [5.74, 6) is -1.15. The third-order valence-corrected chi connectivity index (χ3v) is 3.35. The number of carboxylic acid groups (broad SMARTS) is 1. The number of carbonyl (C=O) groups excluding carboxylic acids is 2. The first-order valence-electron chi connectivity index (χ1n) is 6.80. The van der Waals surface area contributed by atoms with Gasteiger partial charge in [-0.15, -0.1) is 0 Å². The van der Waals surface area contributed by atoms with Gasteiger partial charge in [-0.05, 0) is 33.6 Å². The van der Waals surface area contributed by atoms with Crippen LogP contribution in [0.15, 0.2) is 0 Å². The van der Waals surface area contributed by atoms with Crippen molar-refractivity contribution in [2.24, 2.45) is 5.41 Å². The molecule has 1 aliphatic rings. The van der Waals surface area contributed by atoms with Gasteiger partial charge in [0.1, 0.15) is 0 Å². The number of aliphatic carboxylic acids is 1. The Morgan fingerprint density at radius 1 is 1.35 bits per heavy atom. The molecule has 1 atom stereocenters. The number of carbonyl (C=O) groups is 3. The zero-order chi connectivity index (χ0) is 15.3. The summed E-state index contributed by atoms with van der Waals surface area (Å²) in [7, 11) is 0. The zero-order valence-electron chi connectivity index (χ0n) is 12.2. The average molecular weight is 285 g/mol. The number of urea groups is 1. The van der Waals surface area contributed by atoms with E-state index in [9.17, 15) is 19.5 Å². The van der Waals surface area contributed by atoms with Crippen LogP contribution >= 0.6 is 0 Å². The molecule has 7 heteroatoms. The second-order valence-electron chi connectivity index (χ2n) is 5.77. The van der Waals surface area contributed by atoms with E-state index in [-0.39, 0.29) is 25.0 Å². The minimum absolute atomic E-state index is 0.0182. The molecule has 0 aliphatic carbocycles. The maximum absolute atomic E-state index is 11.9. The third kappa shape index (κ3) is 4.40. The first-order chi connectivity index (χ1) is 9.24. The van der Waals surface area contributed by atoms with E-state index in [4.69, 9.17) is 0 Å². The molecule has 1 aliphatic heterocycles. The lowest BCUT2D eigenvalue weighted by molar-refractivity contribution is -0.150. The van der Waals surface area contributed by atoms with E-state index in [0.717, 1.165) is 0 Å². The summed E-state index contributed by atoms with van der Waals surface area (Å²) in [6.45, 7) is 5.89. The lowest BCUT2D eigenvalue weighted by Gasteiger charge is -2.37. The van der Waals surface area contributed by atoms with Crippen molar-refractivity contribution in [2.75, 3.05) is 19.6 Å². The van der Waals surface area contributed by atoms with Crippen molar-refractivity contribution in [3.05, 3.63) is 0 Å². The summed E-state index contributed by atoms with van der Waals surface area (Å²) >= 11 is 0. The molecule has 0 bridgehead atoms. The standard InChI is InChI=1S/C13H23N3O4/c1-9(2)15-10(17)7-14-12(20)16-6-4-5-13(3,8-16)11(18)19/h9H,4-8H2,1-3H3,(H,14,20)(H,15,17)(H,18,19). The molecule has 0 spiro atoms. The molecule has 1 rings (SSSR count). The number of rotatable bonds is 4. The summed E-state index contributed by atoms with van der Waals surface area (Å²) in [4.78, 5) is 36.0. The van der Waals surface area contributed by atoms with Gasteiger partial charge in [0, 0.05) is 19.1 Å². The number of likely N-dealkylation sites (tertiary alicyclic amines) is 1. The Bertz CT molecular complexity index is 397. The molecule has 0 aromatic rings. The monoisotopic (exact) mass is 285 g/mol. The molecular formula is C13H23N3O4. The molecule has 0 saturated carbocycles. The minimum Gasteiger partial charge on any atom is -0.481 e. The Labute approximate surface area is 118 Å². The summed E-state index contributed by atoms with van der Waals surface area (Å²) in [6.07, 6.45) is 1.20. The number of nitrogens with one attached hydrogen (secondary N) is 2. The van der Waals surface area contributed by atoms with Gasteiger partial charge in [-0.25, -0.2) is 4.79 Å². The normalized spacial score (nSPS) is 22.5. The molecule has 114 valence electrons. The fourth-order valence-electron chi connectivity index (χ4n) is 2.23. The van der Waals surface area contributed by atoms with Gasteiger partial charge in [-0.1, -0.05) is 0 Å². The van der Waals surface area contributed by atoms with E-state index in [1.54, 1.807) is 6.92 Å². The number of nitrogens with zero attached hydrogens (tertiary/aromatic N) is 1. The number of hydrogen-bond donors (Lipinski definition) is 3. The fraction of sp³-hybridized carbons (Fsp3) is 0.769. The van der Waals surface area contributed by atoms with Gasteiger partial charge >= 0.3 is 12.0 Å². The van der Waals surface area contributed by atoms with Crippen molar-refractivity contribution < 1.29 is 19.5 Å². The van der Waals surface area contributed by atoms with Gasteiger partial charge in [0.05, 0.1) is 12.0 Å². The van der Waals surface area contributed by atoms with Crippen LogP contribution in [0.3, 0.4) is 0 Å². The number of hydrogen-bond acceptors (Lipinski definition) is 3. The summed E-state index contributed by atoms with van der Waals surface area (Å²) in [6, 6.07) is -0.374. The molecule has 1 unspecified atom stereocenters. The molecular weight excluding hydrogens is 262 g/mol. The van der Waals surface area contributed by atoms with E-state index in [2.05, 4.69) is 10.6 Å². The van der Waals surface area contributed by atoms with Crippen LogP contribution in [0, 0.1) is 5.41 Å². The van der Waals surface area contributed by atoms with Crippen LogP contribution < -0.4 is 10.6 Å². The van der Waals surface area contributed by atoms with Crippen molar-refractivity contribution in [1.29, 1.82) is 0 Å². The molecule has 0 radical (unpaired) electrons. The maximum atomic E-state index is 11.9. The van der Waals surface area contributed by atoms with Gasteiger partial charge in [-0.3, -0.25) is 9.59 Å². The second kappa shape index (κ2) is 6.58. The fourth-order valence-corrected chi connectivity index (χ4v) is 2.23. The number of carboxylic acids is 1. The van der Waals surface area contributed by atoms with Crippen LogP contribution in [0.25, 0.3) is 0 Å². The van der Waals surface area contributed by atoms with Crippen molar-refractivity contribution in [3.8, 4) is 0 Å². The molecule has 7 nitrogen and oxygen atoms in total. The molecule has 3 N–H and O–H groups in total. The first kappa shape index (κ1) is 16.3. The summed E-state index contributed by atoms with van der Waals surface area (Å²) in [5.41, 5.74) is -0.907. The highest BCUT2D eigenvalue weighted by Gasteiger charge is 2.39. The number of amides is 3. The van der Waals surface area contributed by atoms with Crippen LogP contribution in [-0.4, -0.2) is 53.6 Å². The van der Waals surface area contributed by atoms with Crippen LogP contribution in [0.2, 0.25) is 0 Å². The van der Waals surface area contributed by atoms with Crippen LogP contribution in [0.5, 0.6) is 0 Å². The lowest BCUT2D eigenvalue weighted by Crippen LogP contribution is -2.52. The molecule has 3 amide bonds. The Balaban J connectivity index is 2.47. The Hall–Kier alpha value is -1.79. The maximum Gasteiger partial charge on any atom is 0.317 e. The predicted molar refractivity (Wildman–Crippen MR) is 73.2 cm³/mol. The van der Waals surface area contributed by atoms with Gasteiger partial charge in [-0.2, -0.15) is 0 Å². The van der Waals surface area contributed by atoms with Crippen molar-refractivity contribution in [2.45, 2.75) is 39.7 Å². The average Bonchev–Trinajstić information content (AvgIpc) is 2.35. The molecule has 0 aromatic heterocycles. The Kier molecular flexibility index (Phi) is 5.35. The second-order valence-corrected chi connectivity index (χ2v) is 5.77. The SMILES string of the molecule is CC(C)NC(=O)CNC(=O)N1CCCC(C)(C(=O)O)C1. The highest BCUT2D eigenvalue weighted by molar-refractivity contribution is 5.84. The quantitative estimate of drug-likeness (QED) is 0.696. The lowest BCUT2D eigenvalue weighted by atomic mass is 9.82. The highest BCUT2D eigenvalue weighted by Crippen LogP contribution is 2.29. The summed E-state index contributed by atoms with van der Waals surface area (Å²) < 4.78 is 0. The van der Waals surface area contributed by atoms with Crippen LogP contribution in [0.4, 0.5) is 4.79 Å². The molecule has 20 heavy (non-hydrogen) atoms. The molecule has 1 saturated heterocycles. The van der Waals surface area contributed by atoms with E-state index >= 15 is 0 Å². The largest absolute Gasteiger partial charge is 0.481 e. The van der Waals surface area contributed by atoms with E-state index in [1.165, 1.54) is 4.90 Å². The van der Waals surface area contributed by atoms with Gasteiger partial charge in [0.15, 0.2) is 0 Å². The van der Waals surface area contributed by atoms with E-state index in [1.807, 2.05) is 13.8 Å². The Morgan fingerprint density at radius 2 is 2.00 bits per heavy atom. The molecule has 1 heterocycles. The third-order valence-electron chi connectivity index (χ3n) is 3.35. The van der Waals surface area contributed by atoms with Crippen molar-refractivity contribution in [1.82, 2.24) is 15.5 Å². The smallest absolute Gasteiger partial charge is 0.317 e. The topological polar surface area (TPSA) is 98.7 Å². The van der Waals surface area contributed by atoms with Crippen molar-refractivity contribution >= 4 is 17.9 Å². The molecule has 0 aromatic carbocycles. The predicted octanol–water partition coefficient (Wildman–Crippen LogP) is 0.407. The Morgan fingerprint density at radius 3 is 2.55 bits per heavy atom. The van der Waals surface area contributed by atoms with Crippen LogP contribution in [0.1, 0.15) is 33.6 Å². The van der Waals surface area contributed by atoms with Crippen LogP contribution in [-0.2, 0) is 9.59 Å².